The van der Waals surface area contributed by atoms with Gasteiger partial charge in [0, 0.05) is 42.2 Å². The number of hydrogen-bond acceptors (Lipinski definition) is 2. The third-order valence-electron chi connectivity index (χ3n) is 7.13. The molecule has 0 amide bonds. The average Bonchev–Trinajstić information content (AvgIpc) is 2.87. The van der Waals surface area contributed by atoms with Crippen LogP contribution in [0.4, 0.5) is 0 Å². The number of aryl methyl sites for hydroxylation is 1. The SMILES string of the molecule is CCC(C)C1CC2c3c(c4ccccc4n3C)CC(C1CO)N2C. The molecule has 2 aromatic rings. The van der Waals surface area contributed by atoms with Crippen molar-refractivity contribution < 1.29 is 5.11 Å². The molecule has 5 atom stereocenters. The van der Waals surface area contributed by atoms with Crippen molar-refractivity contribution in [3.05, 3.63) is 35.5 Å². The van der Waals surface area contributed by atoms with Crippen LogP contribution in [0.3, 0.4) is 0 Å². The summed E-state index contributed by atoms with van der Waals surface area (Å²) in [6.07, 6.45) is 3.44. The third-order valence-corrected chi connectivity index (χ3v) is 7.13. The molecule has 2 aliphatic rings. The maximum absolute atomic E-state index is 10.2. The van der Waals surface area contributed by atoms with Gasteiger partial charge in [-0.3, -0.25) is 4.90 Å². The molecule has 1 fully saturated rings. The highest BCUT2D eigenvalue weighted by molar-refractivity contribution is 5.86. The molecule has 2 aliphatic heterocycles. The number of fused-ring (bicyclic) bond motifs is 6. The Morgan fingerprint density at radius 3 is 2.71 bits per heavy atom. The summed E-state index contributed by atoms with van der Waals surface area (Å²) in [6, 6.07) is 9.76. The van der Waals surface area contributed by atoms with Crippen molar-refractivity contribution in [2.24, 2.45) is 24.8 Å². The monoisotopic (exact) mass is 326 g/mol. The molecular weight excluding hydrogens is 296 g/mol. The molecule has 1 N–H and O–H groups in total. The van der Waals surface area contributed by atoms with Gasteiger partial charge in [-0.15, -0.1) is 0 Å². The first-order chi connectivity index (χ1) is 11.6. The number of rotatable bonds is 3. The van der Waals surface area contributed by atoms with Gasteiger partial charge in [0.2, 0.25) is 0 Å². The van der Waals surface area contributed by atoms with Gasteiger partial charge in [0.15, 0.2) is 0 Å². The van der Waals surface area contributed by atoms with Crippen molar-refractivity contribution in [2.75, 3.05) is 13.7 Å². The van der Waals surface area contributed by atoms with E-state index >= 15 is 0 Å². The molecule has 3 nitrogen and oxygen atoms in total. The highest BCUT2D eigenvalue weighted by atomic mass is 16.3. The predicted octanol–water partition coefficient (Wildman–Crippen LogP) is 3.75. The first kappa shape index (κ1) is 16.2. The van der Waals surface area contributed by atoms with Crippen LogP contribution in [0.15, 0.2) is 24.3 Å². The first-order valence-corrected chi connectivity index (χ1v) is 9.47. The van der Waals surface area contributed by atoms with Gasteiger partial charge in [-0.2, -0.15) is 0 Å². The molecule has 0 radical (unpaired) electrons. The minimum Gasteiger partial charge on any atom is -0.396 e. The van der Waals surface area contributed by atoms with Crippen LogP contribution >= 0.6 is 0 Å². The summed E-state index contributed by atoms with van der Waals surface area (Å²) in [5.41, 5.74) is 4.39. The highest BCUT2D eigenvalue weighted by Gasteiger charge is 2.47. The molecule has 2 bridgehead atoms. The molecule has 5 unspecified atom stereocenters. The molecule has 1 aromatic heterocycles. The largest absolute Gasteiger partial charge is 0.396 e. The second-order valence-electron chi connectivity index (χ2n) is 8.02. The fourth-order valence-electron chi connectivity index (χ4n) is 5.57. The Bertz CT molecular complexity index is 750. The standard InChI is InChI=1S/C21H30N2O/c1-5-13(2)15-10-20-21-16(11-19(22(20)3)17(15)12-24)14-8-6-7-9-18(14)23(21)4/h6-9,13,15,17,19-20,24H,5,10-12H2,1-4H3. The van der Waals surface area contributed by atoms with Crippen molar-refractivity contribution in [1.82, 2.24) is 9.47 Å². The quantitative estimate of drug-likeness (QED) is 0.930. The zero-order valence-electron chi connectivity index (χ0n) is 15.4. The van der Waals surface area contributed by atoms with Crippen LogP contribution in [0.1, 0.15) is 44.0 Å². The Labute approximate surface area is 145 Å². The topological polar surface area (TPSA) is 28.4 Å². The number of aromatic nitrogens is 1. The summed E-state index contributed by atoms with van der Waals surface area (Å²) in [4.78, 5) is 2.56. The highest BCUT2D eigenvalue weighted by Crippen LogP contribution is 2.50. The lowest BCUT2D eigenvalue weighted by Crippen LogP contribution is -2.55. The molecule has 3 heteroatoms. The second-order valence-corrected chi connectivity index (χ2v) is 8.02. The maximum atomic E-state index is 10.2. The normalized spacial score (nSPS) is 31.2. The summed E-state index contributed by atoms with van der Waals surface area (Å²) >= 11 is 0. The van der Waals surface area contributed by atoms with Crippen LogP contribution in [0.2, 0.25) is 0 Å². The van der Waals surface area contributed by atoms with Gasteiger partial charge in [-0.25, -0.2) is 0 Å². The van der Waals surface area contributed by atoms with Gasteiger partial charge < -0.3 is 9.67 Å². The summed E-state index contributed by atoms with van der Waals surface area (Å²) in [5.74, 6) is 1.70. The van der Waals surface area contributed by atoms with E-state index in [0.717, 1.165) is 6.42 Å². The number of aliphatic hydroxyl groups excluding tert-OH is 1. The van der Waals surface area contributed by atoms with Gasteiger partial charge >= 0.3 is 0 Å². The van der Waals surface area contributed by atoms with E-state index in [1.165, 1.54) is 35.0 Å². The van der Waals surface area contributed by atoms with Crippen LogP contribution in [0.5, 0.6) is 0 Å². The Morgan fingerprint density at radius 1 is 1.25 bits per heavy atom. The first-order valence-electron chi connectivity index (χ1n) is 9.47. The van der Waals surface area contributed by atoms with E-state index in [0.29, 0.717) is 36.4 Å². The van der Waals surface area contributed by atoms with Gasteiger partial charge in [-0.05, 0) is 43.4 Å². The van der Waals surface area contributed by atoms with Crippen LogP contribution in [-0.4, -0.2) is 34.3 Å². The van der Waals surface area contributed by atoms with E-state index in [1.54, 1.807) is 0 Å². The van der Waals surface area contributed by atoms with E-state index in [1.807, 2.05) is 0 Å². The van der Waals surface area contributed by atoms with E-state index in [-0.39, 0.29) is 0 Å². The third kappa shape index (κ3) is 2.11. The van der Waals surface area contributed by atoms with Crippen LogP contribution < -0.4 is 0 Å². The van der Waals surface area contributed by atoms with Crippen molar-refractivity contribution >= 4 is 10.9 Å². The summed E-state index contributed by atoms with van der Waals surface area (Å²) in [5, 5.41) is 11.6. The number of nitrogens with zero attached hydrogens (tertiary/aromatic N) is 2. The molecule has 130 valence electrons. The number of aliphatic hydroxyl groups is 1. The van der Waals surface area contributed by atoms with E-state index in [9.17, 15) is 5.11 Å². The fourth-order valence-corrected chi connectivity index (χ4v) is 5.57. The van der Waals surface area contributed by atoms with Gasteiger partial charge in [-0.1, -0.05) is 38.5 Å². The van der Waals surface area contributed by atoms with E-state index in [2.05, 4.69) is 61.7 Å². The Kier molecular flexibility index (Phi) is 3.97. The lowest BCUT2D eigenvalue weighted by molar-refractivity contribution is -0.0371. The number of piperidine rings is 1. The number of hydrogen-bond donors (Lipinski definition) is 1. The molecule has 1 saturated heterocycles. The van der Waals surface area contributed by atoms with Gasteiger partial charge in [0.05, 0.1) is 6.04 Å². The minimum atomic E-state index is 0.316. The Hall–Kier alpha value is -1.32. The molecule has 24 heavy (non-hydrogen) atoms. The van der Waals surface area contributed by atoms with E-state index < -0.39 is 0 Å². The molecule has 4 rings (SSSR count). The summed E-state index contributed by atoms with van der Waals surface area (Å²) < 4.78 is 2.43. The zero-order valence-corrected chi connectivity index (χ0v) is 15.4. The molecule has 0 saturated carbocycles. The van der Waals surface area contributed by atoms with Crippen molar-refractivity contribution in [1.29, 1.82) is 0 Å². The lowest BCUT2D eigenvalue weighted by atomic mass is 9.66. The smallest absolute Gasteiger partial charge is 0.0506 e. The van der Waals surface area contributed by atoms with Crippen LogP contribution in [0.25, 0.3) is 10.9 Å². The predicted molar refractivity (Wildman–Crippen MR) is 99.1 cm³/mol. The Balaban J connectivity index is 1.86. The van der Waals surface area contributed by atoms with Crippen molar-refractivity contribution in [3.8, 4) is 0 Å². The second kappa shape index (κ2) is 5.89. The van der Waals surface area contributed by atoms with Crippen molar-refractivity contribution in [2.45, 2.75) is 45.2 Å². The van der Waals surface area contributed by atoms with Gasteiger partial charge in [0.25, 0.3) is 0 Å². The zero-order chi connectivity index (χ0) is 17.0. The average molecular weight is 326 g/mol. The van der Waals surface area contributed by atoms with Crippen LogP contribution in [-0.2, 0) is 13.5 Å². The number of likely N-dealkylation sites (N-methyl/N-ethyl adjacent to an activating group) is 1. The molecule has 1 aromatic carbocycles. The number of benzene rings is 1. The van der Waals surface area contributed by atoms with Crippen LogP contribution in [0, 0.1) is 17.8 Å². The molecule has 0 spiro atoms. The minimum absolute atomic E-state index is 0.316. The molecule has 0 aliphatic carbocycles. The van der Waals surface area contributed by atoms with Gasteiger partial charge in [0.1, 0.15) is 0 Å². The van der Waals surface area contributed by atoms with Crippen molar-refractivity contribution in [3.63, 3.8) is 0 Å². The molecule has 3 heterocycles. The number of para-hydroxylation sites is 1. The fraction of sp³-hybridized carbons (Fsp3) is 0.619. The summed E-state index contributed by atoms with van der Waals surface area (Å²) in [6.45, 7) is 4.98. The molecular formula is C21H30N2O. The Morgan fingerprint density at radius 2 is 2.00 bits per heavy atom. The van der Waals surface area contributed by atoms with E-state index in [4.69, 9.17) is 0 Å². The lowest BCUT2D eigenvalue weighted by Gasteiger charge is -2.53. The summed E-state index contributed by atoms with van der Waals surface area (Å²) in [7, 11) is 4.50. The maximum Gasteiger partial charge on any atom is 0.0506 e.